The number of aliphatic hydroxyl groups excluding tert-OH is 1. The van der Waals surface area contributed by atoms with E-state index in [-0.39, 0.29) is 36.0 Å². The van der Waals surface area contributed by atoms with Gasteiger partial charge in [0.05, 0.1) is 30.2 Å². The average molecular weight is 564 g/mol. The number of fused-ring (bicyclic) bond motifs is 1. The smallest absolute Gasteiger partial charge is 0.428 e. The molecule has 2 aliphatic heterocycles. The number of hydrogen-bond donors (Lipinski definition) is 3. The monoisotopic (exact) mass is 563 g/mol. The number of aliphatic hydroxyl groups is 1. The highest BCUT2D eigenvalue weighted by atomic mass is 19.4. The van der Waals surface area contributed by atoms with E-state index in [1.165, 1.54) is 35.4 Å². The number of para-hydroxylation sites is 1. The fraction of sp³-hybridized carbons (Fsp3) is 0.481. The van der Waals surface area contributed by atoms with E-state index in [1.54, 1.807) is 13.0 Å². The number of pyridine rings is 1. The molecule has 2 aromatic rings. The SMILES string of the molecule is CC[C@@]1(C)CC(=O)N(C(c2cncc(F)c2)[C@H]2C[C@@H]2C(=O)N[C@@H]2c3ccccc3OC(C(F)(F)F)C2O)C(N)=N1. The Morgan fingerprint density at radius 1 is 1.32 bits per heavy atom. The standard InChI is InChI=1S/C27H29F4N5O4/c1-3-26(2)10-19(37)36(25(32)35-26)21(13-8-14(28)12-33-11-13)16-9-17(16)24(39)34-20-15-6-4-5-7-18(15)40-23(22(20)38)27(29,30)31/h4-8,11-12,16-17,20-23,38H,3,9-10H2,1-2H3,(H2,32,35)(H,34,39)/t16-,17-,20+,21?,22?,23?,26-/m0/s1. The van der Waals surface area contributed by atoms with Crippen LogP contribution in [-0.2, 0) is 9.59 Å². The molecule has 0 saturated heterocycles. The summed E-state index contributed by atoms with van der Waals surface area (Å²) in [5.74, 6) is -3.11. The first-order valence-corrected chi connectivity index (χ1v) is 12.9. The first-order chi connectivity index (χ1) is 18.8. The second-order valence-electron chi connectivity index (χ2n) is 10.7. The number of ether oxygens (including phenoxy) is 1. The number of guanidine groups is 1. The van der Waals surface area contributed by atoms with Crippen molar-refractivity contribution in [2.24, 2.45) is 22.6 Å². The van der Waals surface area contributed by atoms with Gasteiger partial charge in [-0.15, -0.1) is 0 Å². The molecule has 9 nitrogen and oxygen atoms in total. The quantitative estimate of drug-likeness (QED) is 0.463. The van der Waals surface area contributed by atoms with E-state index in [9.17, 15) is 32.3 Å². The lowest BCUT2D eigenvalue weighted by Crippen LogP contribution is -2.54. The molecule has 3 aliphatic rings. The van der Waals surface area contributed by atoms with Crippen LogP contribution in [0.25, 0.3) is 0 Å². The maximum Gasteiger partial charge on any atom is 0.428 e. The van der Waals surface area contributed by atoms with Crippen LogP contribution in [0, 0.1) is 17.7 Å². The average Bonchev–Trinajstić information content (AvgIpc) is 3.67. The van der Waals surface area contributed by atoms with Gasteiger partial charge in [-0.2, -0.15) is 13.2 Å². The van der Waals surface area contributed by atoms with Crippen molar-refractivity contribution in [2.45, 2.75) is 69.1 Å². The molecule has 1 aliphatic carbocycles. The summed E-state index contributed by atoms with van der Waals surface area (Å²) in [4.78, 5) is 36.4. The van der Waals surface area contributed by atoms with Crippen LogP contribution < -0.4 is 15.8 Å². The number of aliphatic imine (C=N–C) groups is 1. The summed E-state index contributed by atoms with van der Waals surface area (Å²) in [6.07, 6.45) is -6.30. The van der Waals surface area contributed by atoms with Gasteiger partial charge < -0.3 is 20.9 Å². The lowest BCUT2D eigenvalue weighted by Gasteiger charge is -2.39. The zero-order chi connectivity index (χ0) is 29.0. The Hall–Kier alpha value is -3.74. The predicted molar refractivity (Wildman–Crippen MR) is 134 cm³/mol. The van der Waals surface area contributed by atoms with Crippen molar-refractivity contribution < 1.29 is 37.0 Å². The predicted octanol–water partition coefficient (Wildman–Crippen LogP) is 3.16. The number of halogens is 4. The number of alkyl halides is 3. The van der Waals surface area contributed by atoms with E-state index in [0.29, 0.717) is 12.0 Å². The molecule has 40 heavy (non-hydrogen) atoms. The van der Waals surface area contributed by atoms with Gasteiger partial charge in [-0.05, 0) is 43.4 Å². The molecule has 0 spiro atoms. The summed E-state index contributed by atoms with van der Waals surface area (Å²) >= 11 is 0. The molecular weight excluding hydrogens is 534 g/mol. The number of aromatic nitrogens is 1. The van der Waals surface area contributed by atoms with Gasteiger partial charge in [0.15, 0.2) is 5.96 Å². The summed E-state index contributed by atoms with van der Waals surface area (Å²) in [5.41, 5.74) is 6.05. The van der Waals surface area contributed by atoms with Crippen molar-refractivity contribution in [1.29, 1.82) is 0 Å². The topological polar surface area (TPSA) is 130 Å². The number of amides is 2. The third-order valence-electron chi connectivity index (χ3n) is 7.90. The normalized spacial score (nSPS) is 30.6. The summed E-state index contributed by atoms with van der Waals surface area (Å²) < 4.78 is 60.1. The van der Waals surface area contributed by atoms with Crippen LogP contribution >= 0.6 is 0 Å². The molecule has 1 fully saturated rings. The summed E-state index contributed by atoms with van der Waals surface area (Å²) in [5, 5.41) is 13.2. The van der Waals surface area contributed by atoms with Gasteiger partial charge in [0.1, 0.15) is 17.7 Å². The zero-order valence-corrected chi connectivity index (χ0v) is 21.7. The molecule has 1 saturated carbocycles. The molecule has 3 heterocycles. The number of hydrogen-bond acceptors (Lipinski definition) is 7. The van der Waals surface area contributed by atoms with E-state index < -0.39 is 59.6 Å². The number of carbonyl (C=O) groups is 2. The molecule has 3 unspecified atom stereocenters. The van der Waals surface area contributed by atoms with Crippen LogP contribution in [0.2, 0.25) is 0 Å². The number of nitrogens with zero attached hydrogens (tertiary/aromatic N) is 3. The zero-order valence-electron chi connectivity index (χ0n) is 21.7. The van der Waals surface area contributed by atoms with E-state index in [4.69, 9.17) is 10.5 Å². The van der Waals surface area contributed by atoms with Crippen LogP contribution in [0.1, 0.15) is 56.3 Å². The molecule has 13 heteroatoms. The summed E-state index contributed by atoms with van der Waals surface area (Å²) in [6.45, 7) is 3.67. The van der Waals surface area contributed by atoms with Crippen LogP contribution in [0.3, 0.4) is 0 Å². The third-order valence-corrected chi connectivity index (χ3v) is 7.90. The second kappa shape index (κ2) is 10.0. The van der Waals surface area contributed by atoms with E-state index in [1.807, 2.05) is 6.92 Å². The fourth-order valence-corrected chi connectivity index (χ4v) is 5.55. The van der Waals surface area contributed by atoms with Gasteiger partial charge in [0, 0.05) is 17.7 Å². The minimum absolute atomic E-state index is 0.0525. The molecule has 1 aromatic heterocycles. The van der Waals surface area contributed by atoms with E-state index in [2.05, 4.69) is 15.3 Å². The largest absolute Gasteiger partial charge is 0.478 e. The molecule has 214 valence electrons. The summed E-state index contributed by atoms with van der Waals surface area (Å²) in [6, 6.07) is 4.77. The molecule has 2 amide bonds. The molecule has 7 atom stereocenters. The maximum absolute atomic E-state index is 14.2. The highest BCUT2D eigenvalue weighted by Crippen LogP contribution is 2.52. The Morgan fingerprint density at radius 2 is 2.05 bits per heavy atom. The number of nitrogens with two attached hydrogens (primary N) is 1. The lowest BCUT2D eigenvalue weighted by molar-refractivity contribution is -0.229. The third kappa shape index (κ3) is 5.09. The minimum atomic E-state index is -4.88. The lowest BCUT2D eigenvalue weighted by atomic mass is 9.91. The van der Waals surface area contributed by atoms with Gasteiger partial charge in [0.25, 0.3) is 0 Å². The van der Waals surface area contributed by atoms with Gasteiger partial charge >= 0.3 is 6.18 Å². The van der Waals surface area contributed by atoms with Crippen LogP contribution in [0.5, 0.6) is 5.75 Å². The highest BCUT2D eigenvalue weighted by Gasteiger charge is 2.56. The molecule has 0 radical (unpaired) electrons. The van der Waals surface area contributed by atoms with Crippen molar-refractivity contribution in [3.05, 3.63) is 59.7 Å². The van der Waals surface area contributed by atoms with E-state index in [0.717, 1.165) is 6.20 Å². The second-order valence-corrected chi connectivity index (χ2v) is 10.7. The van der Waals surface area contributed by atoms with Gasteiger partial charge in [0.2, 0.25) is 17.9 Å². The summed E-state index contributed by atoms with van der Waals surface area (Å²) in [7, 11) is 0. The first-order valence-electron chi connectivity index (χ1n) is 12.9. The molecule has 1 aromatic carbocycles. The molecule has 4 N–H and O–H groups in total. The Morgan fingerprint density at radius 3 is 2.70 bits per heavy atom. The Labute approximate surface area is 227 Å². The first kappa shape index (κ1) is 27.8. The number of rotatable bonds is 6. The Balaban J connectivity index is 1.43. The maximum atomic E-state index is 14.2. The number of carbonyl (C=O) groups excluding carboxylic acids is 2. The van der Waals surface area contributed by atoms with Gasteiger partial charge in [-0.25, -0.2) is 9.38 Å². The van der Waals surface area contributed by atoms with Gasteiger partial charge in [-0.3, -0.25) is 19.5 Å². The van der Waals surface area contributed by atoms with Gasteiger partial charge in [-0.1, -0.05) is 25.1 Å². The Kier molecular flexibility index (Phi) is 6.97. The van der Waals surface area contributed by atoms with Crippen molar-refractivity contribution in [1.82, 2.24) is 15.2 Å². The Bertz CT molecular complexity index is 1350. The van der Waals surface area contributed by atoms with E-state index >= 15 is 0 Å². The number of benzene rings is 1. The van der Waals surface area contributed by atoms with Crippen LogP contribution in [-0.4, -0.2) is 56.7 Å². The molecular formula is C27H29F4N5O4. The van der Waals surface area contributed by atoms with Crippen LogP contribution in [0.4, 0.5) is 17.6 Å². The minimum Gasteiger partial charge on any atom is -0.478 e. The van der Waals surface area contributed by atoms with Crippen LogP contribution in [0.15, 0.2) is 47.7 Å². The highest BCUT2D eigenvalue weighted by molar-refractivity contribution is 5.99. The molecule has 0 bridgehead atoms. The van der Waals surface area contributed by atoms with Crippen molar-refractivity contribution >= 4 is 17.8 Å². The van der Waals surface area contributed by atoms with Crippen molar-refractivity contribution in [3.8, 4) is 5.75 Å². The fourth-order valence-electron chi connectivity index (χ4n) is 5.55. The van der Waals surface area contributed by atoms with Crippen molar-refractivity contribution in [3.63, 3.8) is 0 Å². The molecule has 5 rings (SSSR count). The number of nitrogens with one attached hydrogen (secondary N) is 1. The van der Waals surface area contributed by atoms with Crippen molar-refractivity contribution in [2.75, 3.05) is 0 Å².